The van der Waals surface area contributed by atoms with Gasteiger partial charge in [-0.1, -0.05) is 12.1 Å². The van der Waals surface area contributed by atoms with Gasteiger partial charge in [0.05, 0.1) is 12.8 Å². The van der Waals surface area contributed by atoms with Gasteiger partial charge < -0.3 is 19.3 Å². The van der Waals surface area contributed by atoms with E-state index in [0.717, 1.165) is 48.8 Å². The monoisotopic (exact) mass is 368 g/mol. The third kappa shape index (κ3) is 3.73. The highest BCUT2D eigenvalue weighted by molar-refractivity contribution is 5.81. The minimum absolute atomic E-state index is 0.129. The van der Waals surface area contributed by atoms with Gasteiger partial charge in [-0.3, -0.25) is 4.79 Å². The van der Waals surface area contributed by atoms with E-state index in [1.165, 1.54) is 0 Å². The number of hydrogen-bond donors (Lipinski definition) is 0. The molecule has 1 atom stereocenters. The molecule has 0 N–H and O–H groups in total. The van der Waals surface area contributed by atoms with Gasteiger partial charge in [-0.05, 0) is 37.1 Å². The summed E-state index contributed by atoms with van der Waals surface area (Å²) in [6.07, 6.45) is 1.58. The van der Waals surface area contributed by atoms with E-state index in [1.807, 2.05) is 41.3 Å². The molecule has 0 bridgehead atoms. The van der Waals surface area contributed by atoms with Crippen LogP contribution in [0.5, 0.6) is 5.75 Å². The first-order valence-corrected chi connectivity index (χ1v) is 9.39. The van der Waals surface area contributed by atoms with E-state index in [0.29, 0.717) is 19.7 Å². The maximum atomic E-state index is 12.4. The van der Waals surface area contributed by atoms with Crippen molar-refractivity contribution in [1.82, 2.24) is 15.1 Å². The van der Waals surface area contributed by atoms with E-state index in [4.69, 9.17) is 9.47 Å². The Morgan fingerprint density at radius 3 is 2.59 bits per heavy atom. The normalized spacial score (nSPS) is 20.0. The van der Waals surface area contributed by atoms with Crippen LogP contribution in [0.3, 0.4) is 0 Å². The fraction of sp³-hybridized carbons (Fsp3) is 0.450. The van der Waals surface area contributed by atoms with Crippen molar-refractivity contribution >= 4 is 11.7 Å². The maximum absolute atomic E-state index is 12.4. The molecule has 142 valence electrons. The van der Waals surface area contributed by atoms with Gasteiger partial charge in [-0.2, -0.15) is 0 Å². The molecule has 7 nitrogen and oxygen atoms in total. The number of amides is 1. The Labute approximate surface area is 158 Å². The Bertz CT molecular complexity index is 782. The topological polar surface area (TPSA) is 67.8 Å². The quantitative estimate of drug-likeness (QED) is 0.822. The van der Waals surface area contributed by atoms with E-state index in [9.17, 15) is 4.79 Å². The number of carbonyl (C=O) groups is 1. The number of para-hydroxylation sites is 1. The van der Waals surface area contributed by atoms with Crippen LogP contribution in [0.4, 0.5) is 5.82 Å². The van der Waals surface area contributed by atoms with Crippen molar-refractivity contribution < 1.29 is 14.3 Å². The third-order valence-electron chi connectivity index (χ3n) is 5.15. The molecule has 1 aromatic heterocycles. The number of benzene rings is 1. The number of ether oxygens (including phenoxy) is 2. The molecule has 2 saturated heterocycles. The predicted molar refractivity (Wildman–Crippen MR) is 102 cm³/mol. The van der Waals surface area contributed by atoms with Gasteiger partial charge in [0.15, 0.2) is 5.82 Å². The number of hydrogen-bond acceptors (Lipinski definition) is 6. The maximum Gasteiger partial charge on any atom is 0.251 e. The summed E-state index contributed by atoms with van der Waals surface area (Å²) in [5, 5.41) is 8.77. The minimum Gasteiger partial charge on any atom is -0.496 e. The van der Waals surface area contributed by atoms with Crippen LogP contribution in [0.1, 0.15) is 12.8 Å². The summed E-state index contributed by atoms with van der Waals surface area (Å²) in [5.74, 6) is 1.74. The van der Waals surface area contributed by atoms with Crippen LogP contribution in [0.15, 0.2) is 36.4 Å². The molecule has 0 radical (unpaired) electrons. The summed E-state index contributed by atoms with van der Waals surface area (Å²) < 4.78 is 10.9. The second kappa shape index (κ2) is 7.92. The zero-order chi connectivity index (χ0) is 18.6. The molecule has 1 amide bonds. The average molecular weight is 368 g/mol. The van der Waals surface area contributed by atoms with Gasteiger partial charge in [-0.15, -0.1) is 10.2 Å². The molecule has 0 spiro atoms. The Kier molecular flexibility index (Phi) is 5.20. The lowest BCUT2D eigenvalue weighted by Gasteiger charge is -2.36. The second-order valence-electron chi connectivity index (χ2n) is 6.79. The van der Waals surface area contributed by atoms with Crippen molar-refractivity contribution in [3.63, 3.8) is 0 Å². The largest absolute Gasteiger partial charge is 0.496 e. The van der Waals surface area contributed by atoms with Crippen molar-refractivity contribution in [3.8, 4) is 17.0 Å². The van der Waals surface area contributed by atoms with Gasteiger partial charge in [0.25, 0.3) is 5.91 Å². The molecule has 1 unspecified atom stereocenters. The van der Waals surface area contributed by atoms with Crippen LogP contribution >= 0.6 is 0 Å². The smallest absolute Gasteiger partial charge is 0.251 e. The molecular formula is C20H24N4O3. The first-order chi connectivity index (χ1) is 13.3. The third-order valence-corrected chi connectivity index (χ3v) is 5.15. The first-order valence-electron chi connectivity index (χ1n) is 9.39. The molecule has 27 heavy (non-hydrogen) atoms. The molecule has 0 aliphatic carbocycles. The molecule has 3 heterocycles. The van der Waals surface area contributed by atoms with Crippen molar-refractivity contribution in [2.45, 2.75) is 18.9 Å². The summed E-state index contributed by atoms with van der Waals surface area (Å²) in [4.78, 5) is 16.5. The zero-order valence-electron chi connectivity index (χ0n) is 15.5. The Morgan fingerprint density at radius 1 is 1.11 bits per heavy atom. The fourth-order valence-electron chi connectivity index (χ4n) is 3.63. The molecular weight excluding hydrogens is 344 g/mol. The van der Waals surface area contributed by atoms with Crippen LogP contribution in [0.2, 0.25) is 0 Å². The number of carbonyl (C=O) groups excluding carboxylic acids is 1. The second-order valence-corrected chi connectivity index (χ2v) is 6.79. The number of aromatic nitrogens is 2. The zero-order valence-corrected chi connectivity index (χ0v) is 15.5. The summed E-state index contributed by atoms with van der Waals surface area (Å²) in [7, 11) is 1.65. The molecule has 0 saturated carbocycles. The summed E-state index contributed by atoms with van der Waals surface area (Å²) in [5.41, 5.74) is 1.70. The van der Waals surface area contributed by atoms with Crippen molar-refractivity contribution in [2.75, 3.05) is 44.8 Å². The highest BCUT2D eigenvalue weighted by atomic mass is 16.5. The highest BCUT2D eigenvalue weighted by Crippen LogP contribution is 2.28. The molecule has 4 rings (SSSR count). The minimum atomic E-state index is -0.239. The SMILES string of the molecule is COc1ccccc1-c1ccc(N2CCN(C(=O)C3CCCO3)CC2)nn1. The van der Waals surface area contributed by atoms with Gasteiger partial charge >= 0.3 is 0 Å². The number of nitrogens with zero attached hydrogens (tertiary/aromatic N) is 4. The van der Waals surface area contributed by atoms with Crippen molar-refractivity contribution in [2.24, 2.45) is 0 Å². The lowest BCUT2D eigenvalue weighted by molar-refractivity contribution is -0.141. The van der Waals surface area contributed by atoms with Gasteiger partial charge in [0.2, 0.25) is 0 Å². The van der Waals surface area contributed by atoms with Crippen LogP contribution in [-0.4, -0.2) is 67.0 Å². The van der Waals surface area contributed by atoms with Crippen LogP contribution < -0.4 is 9.64 Å². The van der Waals surface area contributed by atoms with E-state index >= 15 is 0 Å². The predicted octanol–water partition coefficient (Wildman–Crippen LogP) is 1.98. The number of anilines is 1. The Balaban J connectivity index is 1.39. The van der Waals surface area contributed by atoms with Crippen LogP contribution in [-0.2, 0) is 9.53 Å². The molecule has 2 fully saturated rings. The standard InChI is InChI=1S/C20H24N4O3/c1-26-17-6-3-2-5-15(17)16-8-9-19(22-21-16)23-10-12-24(13-11-23)20(25)18-7-4-14-27-18/h2-3,5-6,8-9,18H,4,7,10-14H2,1H3. The van der Waals surface area contributed by atoms with E-state index in [-0.39, 0.29) is 12.0 Å². The Morgan fingerprint density at radius 2 is 1.93 bits per heavy atom. The number of methoxy groups -OCH3 is 1. The summed E-state index contributed by atoms with van der Waals surface area (Å²) in [6, 6.07) is 11.7. The van der Waals surface area contributed by atoms with Gasteiger partial charge in [-0.25, -0.2) is 0 Å². The molecule has 2 aliphatic rings. The lowest BCUT2D eigenvalue weighted by atomic mass is 10.1. The summed E-state index contributed by atoms with van der Waals surface area (Å²) in [6.45, 7) is 3.58. The number of rotatable bonds is 4. The molecule has 1 aromatic carbocycles. The lowest BCUT2D eigenvalue weighted by Crippen LogP contribution is -2.51. The summed E-state index contributed by atoms with van der Waals surface area (Å²) >= 11 is 0. The van der Waals surface area contributed by atoms with Crippen LogP contribution in [0, 0.1) is 0 Å². The van der Waals surface area contributed by atoms with E-state index in [2.05, 4.69) is 15.1 Å². The average Bonchev–Trinajstić information content (AvgIpc) is 3.28. The van der Waals surface area contributed by atoms with Crippen molar-refractivity contribution in [1.29, 1.82) is 0 Å². The number of piperazine rings is 1. The first kappa shape index (κ1) is 17.7. The highest BCUT2D eigenvalue weighted by Gasteiger charge is 2.30. The van der Waals surface area contributed by atoms with Crippen molar-refractivity contribution in [3.05, 3.63) is 36.4 Å². The van der Waals surface area contributed by atoms with Crippen LogP contribution in [0.25, 0.3) is 11.3 Å². The molecule has 2 aromatic rings. The van der Waals surface area contributed by atoms with E-state index < -0.39 is 0 Å². The Hall–Kier alpha value is -2.67. The fourth-order valence-corrected chi connectivity index (χ4v) is 3.63. The van der Waals surface area contributed by atoms with Gasteiger partial charge in [0.1, 0.15) is 11.9 Å². The van der Waals surface area contributed by atoms with Gasteiger partial charge in [0, 0.05) is 38.3 Å². The van der Waals surface area contributed by atoms with E-state index in [1.54, 1.807) is 7.11 Å². The molecule has 7 heteroatoms. The molecule has 2 aliphatic heterocycles.